The second-order valence-electron chi connectivity index (χ2n) is 4.50. The molecule has 0 nitrogen and oxygen atoms in total. The molecule has 0 saturated heterocycles. The first kappa shape index (κ1) is 12.5. The van der Waals surface area contributed by atoms with Gasteiger partial charge in [-0.3, -0.25) is 0 Å². The van der Waals surface area contributed by atoms with Crippen molar-refractivity contribution in [3.05, 3.63) is 42.0 Å². The predicted octanol–water partition coefficient (Wildman–Crippen LogP) is 5.29. The lowest BCUT2D eigenvalue weighted by molar-refractivity contribution is 0.718. The van der Waals surface area contributed by atoms with E-state index in [0.29, 0.717) is 0 Å². The van der Waals surface area contributed by atoms with Gasteiger partial charge in [0, 0.05) is 4.90 Å². The molecule has 0 bridgehead atoms. The van der Waals surface area contributed by atoms with Crippen LogP contribution in [0.15, 0.2) is 41.3 Å². The first-order valence-corrected chi connectivity index (χ1v) is 7.62. The maximum absolute atomic E-state index is 2.35. The van der Waals surface area contributed by atoms with Gasteiger partial charge in [-0.2, -0.15) is 0 Å². The Morgan fingerprint density at radius 1 is 0.941 bits per heavy atom. The number of aryl methyl sites for hydroxylation is 1. The molecule has 0 aromatic heterocycles. The van der Waals surface area contributed by atoms with Crippen molar-refractivity contribution in [2.75, 3.05) is 6.26 Å². The maximum atomic E-state index is 2.35. The van der Waals surface area contributed by atoms with Gasteiger partial charge in [-0.15, -0.1) is 11.8 Å². The van der Waals surface area contributed by atoms with Crippen LogP contribution in [0, 0.1) is 0 Å². The molecule has 0 N–H and O–H groups in total. The van der Waals surface area contributed by atoms with Crippen molar-refractivity contribution in [1.29, 1.82) is 0 Å². The van der Waals surface area contributed by atoms with Gasteiger partial charge >= 0.3 is 0 Å². The fourth-order valence-electron chi connectivity index (χ4n) is 2.14. The van der Waals surface area contributed by atoms with Crippen molar-refractivity contribution >= 4 is 22.5 Å². The van der Waals surface area contributed by atoms with E-state index in [1.54, 1.807) is 0 Å². The predicted molar refractivity (Wildman–Crippen MR) is 79.0 cm³/mol. The van der Waals surface area contributed by atoms with Crippen molar-refractivity contribution in [3.63, 3.8) is 0 Å². The fourth-order valence-corrected chi connectivity index (χ4v) is 2.58. The van der Waals surface area contributed by atoms with Gasteiger partial charge in [0.05, 0.1) is 0 Å². The Bertz CT molecular complexity index is 488. The largest absolute Gasteiger partial charge is 0.130 e. The highest BCUT2D eigenvalue weighted by molar-refractivity contribution is 7.98. The second-order valence-corrected chi connectivity index (χ2v) is 5.38. The third-order valence-corrected chi connectivity index (χ3v) is 3.91. The number of hydrogen-bond acceptors (Lipinski definition) is 1. The van der Waals surface area contributed by atoms with Crippen LogP contribution in [0.1, 0.15) is 31.7 Å². The van der Waals surface area contributed by atoms with Gasteiger partial charge in [-0.1, -0.05) is 44.0 Å². The SMILES string of the molecule is CCCCCc1ccc2ccc(SC)cc2c1. The van der Waals surface area contributed by atoms with Crippen LogP contribution in [-0.4, -0.2) is 6.26 Å². The molecule has 0 heterocycles. The molecule has 90 valence electrons. The number of thioether (sulfide) groups is 1. The van der Waals surface area contributed by atoms with Crippen LogP contribution in [0.25, 0.3) is 10.8 Å². The highest BCUT2D eigenvalue weighted by atomic mass is 32.2. The van der Waals surface area contributed by atoms with Crippen molar-refractivity contribution in [1.82, 2.24) is 0 Å². The zero-order valence-electron chi connectivity index (χ0n) is 10.7. The van der Waals surface area contributed by atoms with Crippen molar-refractivity contribution in [2.45, 2.75) is 37.5 Å². The summed E-state index contributed by atoms with van der Waals surface area (Å²) in [5, 5.41) is 2.73. The molecule has 0 saturated carbocycles. The molecule has 2 aromatic carbocycles. The zero-order valence-corrected chi connectivity index (χ0v) is 11.5. The number of unbranched alkanes of at least 4 members (excludes halogenated alkanes) is 2. The minimum atomic E-state index is 1.22. The molecule has 0 fully saturated rings. The summed E-state index contributed by atoms with van der Waals surface area (Å²) < 4.78 is 0. The molecule has 0 amide bonds. The highest BCUT2D eigenvalue weighted by Gasteiger charge is 1.98. The molecule has 0 aliphatic carbocycles. The standard InChI is InChI=1S/C16H20S/c1-3-4-5-6-13-7-8-14-9-10-16(17-2)12-15(14)11-13/h7-12H,3-6H2,1-2H3. The maximum Gasteiger partial charge on any atom is 0.00755 e. The Morgan fingerprint density at radius 2 is 1.76 bits per heavy atom. The van der Waals surface area contributed by atoms with E-state index >= 15 is 0 Å². The van der Waals surface area contributed by atoms with E-state index in [4.69, 9.17) is 0 Å². The number of hydrogen-bond donors (Lipinski definition) is 0. The second kappa shape index (κ2) is 6.11. The monoisotopic (exact) mass is 244 g/mol. The molecule has 2 rings (SSSR count). The molecule has 0 aliphatic rings. The summed E-state index contributed by atoms with van der Waals surface area (Å²) >= 11 is 1.81. The van der Waals surface area contributed by atoms with Crippen LogP contribution < -0.4 is 0 Å². The summed E-state index contributed by atoms with van der Waals surface area (Å²) in [6, 6.07) is 13.6. The average Bonchev–Trinajstić information content (AvgIpc) is 2.38. The first-order valence-electron chi connectivity index (χ1n) is 6.40. The lowest BCUT2D eigenvalue weighted by Gasteiger charge is -2.05. The van der Waals surface area contributed by atoms with Crippen LogP contribution in [0.2, 0.25) is 0 Å². The molecule has 0 aliphatic heterocycles. The minimum absolute atomic E-state index is 1.22. The van der Waals surface area contributed by atoms with Gasteiger partial charge in [-0.05, 0) is 47.6 Å². The molecular formula is C16H20S. The van der Waals surface area contributed by atoms with Gasteiger partial charge in [0.15, 0.2) is 0 Å². The van der Waals surface area contributed by atoms with Crippen molar-refractivity contribution in [2.24, 2.45) is 0 Å². The molecule has 1 heteroatoms. The van der Waals surface area contributed by atoms with Crippen molar-refractivity contribution in [3.8, 4) is 0 Å². The minimum Gasteiger partial charge on any atom is -0.130 e. The van der Waals surface area contributed by atoms with E-state index in [1.807, 2.05) is 11.8 Å². The average molecular weight is 244 g/mol. The Hall–Kier alpha value is -0.950. The zero-order chi connectivity index (χ0) is 12.1. The number of rotatable bonds is 5. The quantitative estimate of drug-likeness (QED) is 0.508. The summed E-state index contributed by atoms with van der Waals surface area (Å²) in [7, 11) is 0. The van der Waals surface area contributed by atoms with Gasteiger partial charge in [0.1, 0.15) is 0 Å². The van der Waals surface area contributed by atoms with Crippen LogP contribution >= 0.6 is 11.8 Å². The van der Waals surface area contributed by atoms with E-state index in [-0.39, 0.29) is 0 Å². The van der Waals surface area contributed by atoms with E-state index in [2.05, 4.69) is 49.6 Å². The van der Waals surface area contributed by atoms with Gasteiger partial charge < -0.3 is 0 Å². The number of fused-ring (bicyclic) bond motifs is 1. The van der Waals surface area contributed by atoms with Crippen LogP contribution in [-0.2, 0) is 6.42 Å². The number of benzene rings is 2. The molecular weight excluding hydrogens is 224 g/mol. The van der Waals surface area contributed by atoms with Crippen LogP contribution in [0.3, 0.4) is 0 Å². The molecule has 0 spiro atoms. The van der Waals surface area contributed by atoms with E-state index in [9.17, 15) is 0 Å². The normalized spacial score (nSPS) is 10.9. The molecule has 0 radical (unpaired) electrons. The topological polar surface area (TPSA) is 0 Å². The first-order chi connectivity index (χ1) is 8.33. The van der Waals surface area contributed by atoms with Gasteiger partial charge in [0.25, 0.3) is 0 Å². The smallest absolute Gasteiger partial charge is 0.00755 e. The summed E-state index contributed by atoms with van der Waals surface area (Å²) in [6.45, 7) is 2.26. The Balaban J connectivity index is 2.22. The van der Waals surface area contributed by atoms with Crippen LogP contribution in [0.4, 0.5) is 0 Å². The third kappa shape index (κ3) is 3.26. The van der Waals surface area contributed by atoms with E-state index in [1.165, 1.54) is 46.9 Å². The molecule has 0 atom stereocenters. The van der Waals surface area contributed by atoms with E-state index < -0.39 is 0 Å². The summed E-state index contributed by atoms with van der Waals surface area (Å²) in [5.41, 5.74) is 1.48. The lowest BCUT2D eigenvalue weighted by Crippen LogP contribution is -1.86. The van der Waals surface area contributed by atoms with Gasteiger partial charge in [-0.25, -0.2) is 0 Å². The summed E-state index contributed by atoms with van der Waals surface area (Å²) in [4.78, 5) is 1.35. The molecule has 0 unspecified atom stereocenters. The van der Waals surface area contributed by atoms with Gasteiger partial charge in [0.2, 0.25) is 0 Å². The summed E-state index contributed by atoms with van der Waals surface area (Å²) in [5.74, 6) is 0. The fraction of sp³-hybridized carbons (Fsp3) is 0.375. The summed E-state index contributed by atoms with van der Waals surface area (Å²) in [6.07, 6.45) is 7.29. The Labute approximate surface area is 108 Å². The van der Waals surface area contributed by atoms with E-state index in [0.717, 1.165) is 0 Å². The third-order valence-electron chi connectivity index (χ3n) is 3.18. The molecule has 2 aromatic rings. The van der Waals surface area contributed by atoms with Crippen LogP contribution in [0.5, 0.6) is 0 Å². The Kier molecular flexibility index (Phi) is 4.49. The highest BCUT2D eigenvalue weighted by Crippen LogP contribution is 2.23. The van der Waals surface area contributed by atoms with Crippen molar-refractivity contribution < 1.29 is 0 Å². The Morgan fingerprint density at radius 3 is 2.53 bits per heavy atom. The lowest BCUT2D eigenvalue weighted by atomic mass is 10.0. The molecule has 17 heavy (non-hydrogen) atoms.